The first-order chi connectivity index (χ1) is 9.53. The van der Waals surface area contributed by atoms with Crippen LogP contribution in [0.15, 0.2) is 24.3 Å². The lowest BCUT2D eigenvalue weighted by molar-refractivity contribution is -0.142. The van der Waals surface area contributed by atoms with E-state index in [4.69, 9.17) is 4.43 Å². The number of aliphatic carboxylic acids is 1. The highest BCUT2D eigenvalue weighted by atomic mass is 28.4. The zero-order chi connectivity index (χ0) is 16.3. The fraction of sp³-hybridized carbons (Fsp3) is 0.562. The quantitative estimate of drug-likeness (QED) is 0.805. The van der Waals surface area contributed by atoms with Crippen molar-refractivity contribution in [1.82, 2.24) is 0 Å². The Morgan fingerprint density at radius 1 is 1.29 bits per heavy atom. The Morgan fingerprint density at radius 2 is 1.81 bits per heavy atom. The Kier molecular flexibility index (Phi) is 5.70. The number of carboxylic acid groups (broad SMARTS) is 1. The van der Waals surface area contributed by atoms with Gasteiger partial charge in [0.25, 0.3) is 0 Å². The Labute approximate surface area is 127 Å². The van der Waals surface area contributed by atoms with Crippen LogP contribution < -0.4 is 0 Å². The van der Waals surface area contributed by atoms with Crippen molar-refractivity contribution in [2.45, 2.75) is 45.3 Å². The molecule has 0 saturated carbocycles. The van der Waals surface area contributed by atoms with Gasteiger partial charge in [-0.25, -0.2) is 4.39 Å². The maximum absolute atomic E-state index is 12.9. The van der Waals surface area contributed by atoms with E-state index in [-0.39, 0.29) is 17.5 Å². The van der Waals surface area contributed by atoms with Crippen molar-refractivity contribution in [3.63, 3.8) is 0 Å². The molecule has 5 heteroatoms. The molecule has 1 aromatic carbocycles. The van der Waals surface area contributed by atoms with Gasteiger partial charge in [0.05, 0.1) is 5.92 Å². The zero-order valence-corrected chi connectivity index (χ0v) is 14.4. The Morgan fingerprint density at radius 3 is 2.24 bits per heavy atom. The third kappa shape index (κ3) is 5.25. The van der Waals surface area contributed by atoms with Crippen LogP contribution in [-0.4, -0.2) is 26.0 Å². The van der Waals surface area contributed by atoms with Gasteiger partial charge < -0.3 is 9.53 Å². The van der Waals surface area contributed by atoms with E-state index in [1.54, 1.807) is 12.1 Å². The largest absolute Gasteiger partial charge is 0.481 e. The van der Waals surface area contributed by atoms with E-state index in [1.165, 1.54) is 12.1 Å². The van der Waals surface area contributed by atoms with Gasteiger partial charge in [0, 0.05) is 6.61 Å². The molecule has 0 aliphatic heterocycles. The van der Waals surface area contributed by atoms with Gasteiger partial charge in [-0.05, 0) is 42.2 Å². The van der Waals surface area contributed by atoms with Gasteiger partial charge in [0.2, 0.25) is 0 Å². The summed E-state index contributed by atoms with van der Waals surface area (Å²) in [5.41, 5.74) is 0.808. The van der Waals surface area contributed by atoms with E-state index in [1.807, 2.05) is 0 Å². The summed E-state index contributed by atoms with van der Waals surface area (Å²) in [6, 6.07) is 5.95. The van der Waals surface area contributed by atoms with Crippen molar-refractivity contribution in [3.05, 3.63) is 35.6 Å². The Hall–Kier alpha value is -1.20. The summed E-state index contributed by atoms with van der Waals surface area (Å²) in [6.07, 6.45) is 0.351. The summed E-state index contributed by atoms with van der Waals surface area (Å²) in [6.45, 7) is 10.8. The molecule has 21 heavy (non-hydrogen) atoms. The van der Waals surface area contributed by atoms with Gasteiger partial charge in [-0.3, -0.25) is 4.79 Å². The average Bonchev–Trinajstić information content (AvgIpc) is 2.35. The van der Waals surface area contributed by atoms with Crippen molar-refractivity contribution in [2.24, 2.45) is 5.92 Å². The predicted octanol–water partition coefficient (Wildman–Crippen LogP) is 4.09. The lowest BCUT2D eigenvalue weighted by Gasteiger charge is -2.36. The Bertz CT molecular complexity index is 477. The van der Waals surface area contributed by atoms with Gasteiger partial charge in [-0.2, -0.15) is 0 Å². The van der Waals surface area contributed by atoms with Crippen LogP contribution in [-0.2, 0) is 15.6 Å². The lowest BCUT2D eigenvalue weighted by atomic mass is 10.0. The molecule has 1 unspecified atom stereocenters. The van der Waals surface area contributed by atoms with Crippen LogP contribution in [0.4, 0.5) is 4.39 Å². The molecule has 118 valence electrons. The van der Waals surface area contributed by atoms with Gasteiger partial charge >= 0.3 is 5.97 Å². The van der Waals surface area contributed by atoms with E-state index in [9.17, 15) is 14.3 Å². The summed E-state index contributed by atoms with van der Waals surface area (Å²) in [4.78, 5) is 11.4. The standard InChI is InChI=1S/C16H25FO3Si/c1-16(2,3)21(4,5)20-11-13(15(18)19)10-12-6-8-14(17)9-7-12/h6-9,13H,10-11H2,1-5H3,(H,18,19). The minimum atomic E-state index is -1.96. The second-order valence-electron chi connectivity index (χ2n) is 6.94. The fourth-order valence-corrected chi connectivity index (χ4v) is 2.70. The van der Waals surface area contributed by atoms with Crippen LogP contribution in [0.3, 0.4) is 0 Å². The number of rotatable bonds is 6. The van der Waals surface area contributed by atoms with Crippen molar-refractivity contribution < 1.29 is 18.7 Å². The SMILES string of the molecule is CC(C)(C)[Si](C)(C)OCC(Cc1ccc(F)cc1)C(=O)O. The molecule has 0 radical (unpaired) electrons. The molecule has 0 saturated heterocycles. The van der Waals surface area contributed by atoms with E-state index in [2.05, 4.69) is 33.9 Å². The molecule has 0 spiro atoms. The van der Waals surface area contributed by atoms with Crippen molar-refractivity contribution in [3.8, 4) is 0 Å². The molecule has 1 atom stereocenters. The third-order valence-corrected chi connectivity index (χ3v) is 8.70. The second kappa shape index (κ2) is 6.71. The van der Waals surface area contributed by atoms with Crippen molar-refractivity contribution in [2.75, 3.05) is 6.61 Å². The van der Waals surface area contributed by atoms with E-state index >= 15 is 0 Å². The molecule has 1 N–H and O–H groups in total. The molecule has 1 aromatic rings. The number of hydrogen-bond donors (Lipinski definition) is 1. The first-order valence-corrected chi connectivity index (χ1v) is 10.0. The van der Waals surface area contributed by atoms with Crippen LogP contribution in [0.25, 0.3) is 0 Å². The van der Waals surface area contributed by atoms with Gasteiger partial charge in [-0.15, -0.1) is 0 Å². The summed E-state index contributed by atoms with van der Waals surface area (Å²) in [7, 11) is -1.96. The molecule has 0 amide bonds. The second-order valence-corrected chi connectivity index (χ2v) is 11.7. The Balaban J connectivity index is 2.71. The van der Waals surface area contributed by atoms with Crippen LogP contribution in [0, 0.1) is 11.7 Å². The summed E-state index contributed by atoms with van der Waals surface area (Å²) in [5, 5.41) is 9.40. The third-order valence-electron chi connectivity index (χ3n) is 4.20. The van der Waals surface area contributed by atoms with Gasteiger partial charge in [0.1, 0.15) is 5.82 Å². The van der Waals surface area contributed by atoms with E-state index in [0.29, 0.717) is 6.42 Å². The highest BCUT2D eigenvalue weighted by Gasteiger charge is 2.38. The first kappa shape index (κ1) is 17.8. The molecular formula is C16H25FO3Si. The smallest absolute Gasteiger partial charge is 0.309 e. The maximum Gasteiger partial charge on any atom is 0.309 e. The monoisotopic (exact) mass is 312 g/mol. The van der Waals surface area contributed by atoms with Crippen LogP contribution in [0.2, 0.25) is 18.1 Å². The van der Waals surface area contributed by atoms with Gasteiger partial charge in [0.15, 0.2) is 8.32 Å². The molecule has 0 aliphatic rings. The number of carboxylic acids is 1. The van der Waals surface area contributed by atoms with Gasteiger partial charge in [-0.1, -0.05) is 32.9 Å². The first-order valence-electron chi connectivity index (χ1n) is 7.14. The zero-order valence-electron chi connectivity index (χ0n) is 13.4. The lowest BCUT2D eigenvalue weighted by Crippen LogP contribution is -2.42. The summed E-state index contributed by atoms with van der Waals surface area (Å²) >= 11 is 0. The molecular weight excluding hydrogens is 287 g/mol. The van der Waals surface area contributed by atoms with Crippen LogP contribution in [0.5, 0.6) is 0 Å². The molecule has 1 rings (SSSR count). The molecule has 0 aliphatic carbocycles. The van der Waals surface area contributed by atoms with Crippen molar-refractivity contribution >= 4 is 14.3 Å². The number of hydrogen-bond acceptors (Lipinski definition) is 2. The van der Waals surface area contributed by atoms with E-state index in [0.717, 1.165) is 5.56 Å². The number of benzene rings is 1. The highest BCUT2D eigenvalue weighted by Crippen LogP contribution is 2.36. The molecule has 0 bridgehead atoms. The van der Waals surface area contributed by atoms with Crippen molar-refractivity contribution in [1.29, 1.82) is 0 Å². The predicted molar refractivity (Wildman–Crippen MR) is 84.4 cm³/mol. The molecule has 3 nitrogen and oxygen atoms in total. The molecule has 0 aromatic heterocycles. The maximum atomic E-state index is 12.9. The number of halogens is 1. The molecule has 0 fully saturated rings. The minimum Gasteiger partial charge on any atom is -0.481 e. The summed E-state index contributed by atoms with van der Waals surface area (Å²) in [5.74, 6) is -1.80. The van der Waals surface area contributed by atoms with E-state index < -0.39 is 20.2 Å². The minimum absolute atomic E-state index is 0.0475. The highest BCUT2D eigenvalue weighted by molar-refractivity contribution is 6.74. The van der Waals surface area contributed by atoms with Crippen LogP contribution in [0.1, 0.15) is 26.3 Å². The normalized spacial score (nSPS) is 14.0. The van der Waals surface area contributed by atoms with Crippen LogP contribution >= 0.6 is 0 Å². The fourth-order valence-electron chi connectivity index (χ4n) is 1.65. The summed E-state index contributed by atoms with van der Waals surface area (Å²) < 4.78 is 18.9. The topological polar surface area (TPSA) is 46.5 Å². The number of carbonyl (C=O) groups is 1. The average molecular weight is 312 g/mol. The molecule has 0 heterocycles.